The largest absolute Gasteiger partial charge is 0.493 e. The van der Waals surface area contributed by atoms with Crippen LogP contribution in [0.3, 0.4) is 0 Å². The molecule has 1 fully saturated rings. The lowest BCUT2D eigenvalue weighted by molar-refractivity contribution is 0.286. The van der Waals surface area contributed by atoms with Crippen molar-refractivity contribution in [3.63, 3.8) is 0 Å². The molecule has 0 aliphatic carbocycles. The van der Waals surface area contributed by atoms with E-state index in [9.17, 15) is 8.42 Å². The average molecular weight is 408 g/mol. The van der Waals surface area contributed by atoms with Crippen LogP contribution in [0.5, 0.6) is 5.75 Å². The lowest BCUT2D eigenvalue weighted by Gasteiger charge is -2.31. The van der Waals surface area contributed by atoms with E-state index in [0.717, 1.165) is 47.9 Å². The van der Waals surface area contributed by atoms with E-state index in [1.54, 1.807) is 40.5 Å². The molecular weight excluding hydrogens is 382 g/mol. The van der Waals surface area contributed by atoms with Crippen molar-refractivity contribution < 1.29 is 13.2 Å². The first-order valence-corrected chi connectivity index (χ1v) is 11.8. The maximum absolute atomic E-state index is 13.0. The van der Waals surface area contributed by atoms with Gasteiger partial charge in [-0.1, -0.05) is 11.8 Å². The molecule has 4 rings (SSSR count). The summed E-state index contributed by atoms with van der Waals surface area (Å²) in [5.74, 6) is 2.33. The van der Waals surface area contributed by atoms with Crippen LogP contribution in [0.2, 0.25) is 0 Å². The number of hydrogen-bond donors (Lipinski definition) is 0. The number of nitrogens with zero attached hydrogens (tertiary/aromatic N) is 3. The van der Waals surface area contributed by atoms with E-state index in [4.69, 9.17) is 4.74 Å². The van der Waals surface area contributed by atoms with E-state index in [2.05, 4.69) is 4.98 Å². The molecule has 0 N–H and O–H groups in total. The van der Waals surface area contributed by atoms with Crippen molar-refractivity contribution >= 4 is 21.8 Å². The van der Waals surface area contributed by atoms with Crippen molar-refractivity contribution in [3.8, 4) is 5.75 Å². The molecule has 27 heavy (non-hydrogen) atoms. The Morgan fingerprint density at radius 2 is 2.11 bits per heavy atom. The summed E-state index contributed by atoms with van der Waals surface area (Å²) in [4.78, 5) is 4.73. The molecule has 146 valence electrons. The quantitative estimate of drug-likeness (QED) is 0.713. The molecule has 1 aromatic carbocycles. The third-order valence-electron chi connectivity index (χ3n) is 5.32. The van der Waals surface area contributed by atoms with Gasteiger partial charge < -0.3 is 9.30 Å². The molecule has 2 aromatic rings. The van der Waals surface area contributed by atoms with E-state index in [1.807, 2.05) is 17.8 Å². The topological polar surface area (TPSA) is 64.4 Å². The van der Waals surface area contributed by atoms with Crippen molar-refractivity contribution in [2.24, 2.45) is 13.0 Å². The van der Waals surface area contributed by atoms with Gasteiger partial charge in [0.2, 0.25) is 10.0 Å². The normalized spacial score (nSPS) is 18.9. The van der Waals surface area contributed by atoms with Gasteiger partial charge in [0.05, 0.1) is 11.5 Å². The molecule has 6 nitrogen and oxygen atoms in total. The lowest BCUT2D eigenvalue weighted by Crippen LogP contribution is -2.39. The number of ether oxygens (including phenoxy) is 1. The summed E-state index contributed by atoms with van der Waals surface area (Å²) in [6.45, 7) is 1.88. The maximum Gasteiger partial charge on any atom is 0.243 e. The smallest absolute Gasteiger partial charge is 0.243 e. The molecule has 2 aliphatic heterocycles. The Kier molecular flexibility index (Phi) is 5.48. The third-order valence-corrected chi connectivity index (χ3v) is 8.50. The van der Waals surface area contributed by atoms with Gasteiger partial charge in [-0.25, -0.2) is 13.4 Å². The molecule has 2 aliphatic rings. The minimum Gasteiger partial charge on any atom is -0.493 e. The summed E-state index contributed by atoms with van der Waals surface area (Å²) in [5, 5.41) is 1.02. The summed E-state index contributed by atoms with van der Waals surface area (Å²) in [6, 6.07) is 5.28. The molecule has 0 spiro atoms. The van der Waals surface area contributed by atoms with Crippen LogP contribution in [0, 0.1) is 5.92 Å². The zero-order valence-electron chi connectivity index (χ0n) is 15.5. The molecule has 1 aromatic heterocycles. The minimum absolute atomic E-state index is 0.396. The number of thioether (sulfide) groups is 1. The van der Waals surface area contributed by atoms with E-state index in [1.165, 1.54) is 0 Å². The minimum atomic E-state index is -3.43. The molecule has 0 bridgehead atoms. The van der Waals surface area contributed by atoms with Gasteiger partial charge in [0.1, 0.15) is 5.75 Å². The predicted molar refractivity (Wildman–Crippen MR) is 106 cm³/mol. The van der Waals surface area contributed by atoms with Crippen LogP contribution in [0.4, 0.5) is 0 Å². The summed E-state index contributed by atoms with van der Waals surface area (Å²) in [6.07, 6.45) is 7.36. The van der Waals surface area contributed by atoms with Gasteiger partial charge in [-0.3, -0.25) is 0 Å². The molecule has 8 heteroatoms. The molecule has 0 radical (unpaired) electrons. The Morgan fingerprint density at radius 3 is 2.85 bits per heavy atom. The van der Waals surface area contributed by atoms with E-state index in [0.29, 0.717) is 30.5 Å². The second-order valence-electron chi connectivity index (χ2n) is 7.20. The first kappa shape index (κ1) is 18.8. The van der Waals surface area contributed by atoms with Crippen LogP contribution in [-0.2, 0) is 23.5 Å². The summed E-state index contributed by atoms with van der Waals surface area (Å²) >= 11 is 1.75. The molecular formula is C19H25N3O3S2. The van der Waals surface area contributed by atoms with E-state index >= 15 is 0 Å². The van der Waals surface area contributed by atoms with Crippen LogP contribution in [0.25, 0.3) is 0 Å². The fourth-order valence-corrected chi connectivity index (χ4v) is 6.28. The van der Waals surface area contributed by atoms with Crippen LogP contribution in [0.15, 0.2) is 40.6 Å². The SMILES string of the molecule is Cn1ccnc1SCC1CCN(S(=O)(=O)c2ccc3c(c2)CCCO3)CC1. The molecule has 0 amide bonds. The summed E-state index contributed by atoms with van der Waals surface area (Å²) in [5.41, 5.74) is 1.00. The Hall–Kier alpha value is -1.51. The highest BCUT2D eigenvalue weighted by Crippen LogP contribution is 2.31. The van der Waals surface area contributed by atoms with Crippen molar-refractivity contribution in [1.82, 2.24) is 13.9 Å². The first-order valence-electron chi connectivity index (χ1n) is 9.40. The number of sulfonamides is 1. The van der Waals surface area contributed by atoms with Crippen LogP contribution >= 0.6 is 11.8 Å². The van der Waals surface area contributed by atoms with Crippen molar-refractivity contribution in [3.05, 3.63) is 36.2 Å². The fourth-order valence-electron chi connectivity index (χ4n) is 3.65. The number of rotatable bonds is 5. The second kappa shape index (κ2) is 7.85. The van der Waals surface area contributed by atoms with E-state index < -0.39 is 10.0 Å². The van der Waals surface area contributed by atoms with Crippen LogP contribution in [0.1, 0.15) is 24.8 Å². The van der Waals surface area contributed by atoms with Crippen molar-refractivity contribution in [1.29, 1.82) is 0 Å². The maximum atomic E-state index is 13.0. The van der Waals surface area contributed by atoms with Crippen LogP contribution in [-0.4, -0.2) is 47.7 Å². The highest BCUT2D eigenvalue weighted by molar-refractivity contribution is 7.99. The Morgan fingerprint density at radius 1 is 1.30 bits per heavy atom. The highest BCUT2D eigenvalue weighted by atomic mass is 32.2. The monoisotopic (exact) mass is 407 g/mol. The highest BCUT2D eigenvalue weighted by Gasteiger charge is 2.30. The van der Waals surface area contributed by atoms with Gasteiger partial charge in [0.25, 0.3) is 0 Å². The zero-order chi connectivity index (χ0) is 18.9. The zero-order valence-corrected chi connectivity index (χ0v) is 17.1. The first-order chi connectivity index (χ1) is 13.0. The Bertz CT molecular complexity index is 903. The summed E-state index contributed by atoms with van der Waals surface area (Å²) in [7, 11) is -1.44. The number of benzene rings is 1. The van der Waals surface area contributed by atoms with Gasteiger partial charge in [-0.05, 0) is 55.4 Å². The number of aromatic nitrogens is 2. The van der Waals surface area contributed by atoms with Gasteiger partial charge in [-0.2, -0.15) is 4.31 Å². The van der Waals surface area contributed by atoms with Crippen LogP contribution < -0.4 is 4.74 Å². The van der Waals surface area contributed by atoms with Gasteiger partial charge >= 0.3 is 0 Å². The fraction of sp³-hybridized carbons (Fsp3) is 0.526. The number of aryl methyl sites for hydroxylation is 2. The van der Waals surface area contributed by atoms with Crippen molar-refractivity contribution in [2.45, 2.75) is 35.7 Å². The lowest BCUT2D eigenvalue weighted by atomic mass is 10.0. The predicted octanol–water partition coefficient (Wildman–Crippen LogP) is 2.94. The van der Waals surface area contributed by atoms with Gasteiger partial charge in [0, 0.05) is 38.3 Å². The molecule has 3 heterocycles. The number of imidazole rings is 1. The Balaban J connectivity index is 1.37. The van der Waals surface area contributed by atoms with Gasteiger partial charge in [0.15, 0.2) is 5.16 Å². The molecule has 0 atom stereocenters. The molecule has 0 unspecified atom stereocenters. The average Bonchev–Trinajstić information content (AvgIpc) is 3.11. The summed E-state index contributed by atoms with van der Waals surface area (Å²) < 4.78 is 35.3. The second-order valence-corrected chi connectivity index (χ2v) is 10.1. The number of hydrogen-bond acceptors (Lipinski definition) is 5. The standard InChI is InChI=1S/C19H25N3O3S2/c1-21-11-8-20-19(21)26-14-15-6-9-22(10-7-15)27(23,24)17-4-5-18-16(13-17)3-2-12-25-18/h4-5,8,11,13,15H,2-3,6-7,9-10,12,14H2,1H3. The van der Waals surface area contributed by atoms with Crippen molar-refractivity contribution in [2.75, 3.05) is 25.4 Å². The number of fused-ring (bicyclic) bond motifs is 1. The molecule has 0 saturated carbocycles. The Labute approximate surface area is 165 Å². The number of piperidine rings is 1. The third kappa shape index (κ3) is 4.02. The molecule has 1 saturated heterocycles. The van der Waals surface area contributed by atoms with E-state index in [-0.39, 0.29) is 0 Å². The van der Waals surface area contributed by atoms with Gasteiger partial charge in [-0.15, -0.1) is 0 Å².